The van der Waals surface area contributed by atoms with Gasteiger partial charge in [-0.25, -0.2) is 0 Å². The summed E-state index contributed by atoms with van der Waals surface area (Å²) >= 11 is 4.86. The lowest BCUT2D eigenvalue weighted by Gasteiger charge is -2.09. The molecule has 0 saturated carbocycles. The lowest BCUT2D eigenvalue weighted by molar-refractivity contribution is 0.753. The van der Waals surface area contributed by atoms with Crippen LogP contribution in [0.4, 0.5) is 0 Å². The van der Waals surface area contributed by atoms with E-state index in [0.717, 1.165) is 11.1 Å². The quantitative estimate of drug-likeness (QED) is 0.855. The maximum absolute atomic E-state index is 12.1. The fraction of sp³-hybridized carbons (Fsp3) is 0.143. The molecule has 4 heteroatoms. The highest BCUT2D eigenvalue weighted by Crippen LogP contribution is 2.08. The van der Waals surface area contributed by atoms with Gasteiger partial charge in [-0.1, -0.05) is 36.5 Å². The number of aromatic nitrogens is 1. The summed E-state index contributed by atoms with van der Waals surface area (Å²) in [5.41, 5.74) is 8.04. The maximum Gasteiger partial charge on any atom is 0.261 e. The van der Waals surface area contributed by atoms with Gasteiger partial charge in [0.05, 0.1) is 12.1 Å². The molecule has 1 heterocycles. The van der Waals surface area contributed by atoms with Gasteiger partial charge >= 0.3 is 0 Å². The van der Waals surface area contributed by atoms with Crippen LogP contribution < -0.4 is 11.3 Å². The van der Waals surface area contributed by atoms with Crippen LogP contribution in [0.3, 0.4) is 0 Å². The molecule has 0 aliphatic rings. The molecule has 0 atom stereocenters. The number of benzene rings is 1. The molecule has 0 fully saturated rings. The molecule has 2 aromatic rings. The van der Waals surface area contributed by atoms with Crippen molar-refractivity contribution in [3.8, 4) is 0 Å². The molecule has 18 heavy (non-hydrogen) atoms. The van der Waals surface area contributed by atoms with E-state index in [1.165, 1.54) is 0 Å². The van der Waals surface area contributed by atoms with Crippen LogP contribution in [0.1, 0.15) is 16.7 Å². The third-order valence-corrected chi connectivity index (χ3v) is 3.11. The molecule has 3 nitrogen and oxygen atoms in total. The largest absolute Gasteiger partial charge is 0.389 e. The van der Waals surface area contributed by atoms with E-state index in [-0.39, 0.29) is 10.5 Å². The zero-order valence-corrected chi connectivity index (χ0v) is 10.9. The summed E-state index contributed by atoms with van der Waals surface area (Å²) in [7, 11) is 0. The van der Waals surface area contributed by atoms with Crippen molar-refractivity contribution in [3.05, 3.63) is 69.6 Å². The maximum atomic E-state index is 12.1. The summed E-state index contributed by atoms with van der Waals surface area (Å²) in [6.45, 7) is 2.56. The third-order valence-electron chi connectivity index (χ3n) is 2.89. The normalized spacial score (nSPS) is 10.3. The van der Waals surface area contributed by atoms with Crippen molar-refractivity contribution in [2.75, 3.05) is 0 Å². The standard InChI is InChI=1S/C14H14N2OS/c1-10-5-2-3-6-11(10)9-16-8-4-7-12(13(15)18)14(16)17/h2-8H,9H2,1H3,(H2,15,18). The molecular formula is C14H14N2OS. The van der Waals surface area contributed by atoms with E-state index in [0.29, 0.717) is 12.1 Å². The average molecular weight is 258 g/mol. The van der Waals surface area contributed by atoms with Crippen LogP contribution in [0.5, 0.6) is 0 Å². The molecule has 0 aliphatic heterocycles. The summed E-state index contributed by atoms with van der Waals surface area (Å²) in [5, 5.41) is 0. The Morgan fingerprint density at radius 3 is 2.67 bits per heavy atom. The van der Waals surface area contributed by atoms with E-state index in [9.17, 15) is 4.79 Å². The first-order chi connectivity index (χ1) is 8.59. The van der Waals surface area contributed by atoms with Crippen LogP contribution in [-0.4, -0.2) is 9.56 Å². The van der Waals surface area contributed by atoms with Gasteiger partial charge in [0.15, 0.2) is 0 Å². The number of rotatable bonds is 3. The van der Waals surface area contributed by atoms with Gasteiger partial charge in [0.2, 0.25) is 0 Å². The molecule has 0 aliphatic carbocycles. The van der Waals surface area contributed by atoms with Gasteiger partial charge in [-0.3, -0.25) is 4.79 Å². The molecule has 2 N–H and O–H groups in total. The number of hydrogen-bond donors (Lipinski definition) is 1. The summed E-state index contributed by atoms with van der Waals surface area (Å²) < 4.78 is 1.62. The third kappa shape index (κ3) is 2.49. The SMILES string of the molecule is Cc1ccccc1Cn1cccc(C(N)=S)c1=O. The number of nitrogens with two attached hydrogens (primary N) is 1. The number of pyridine rings is 1. The highest BCUT2D eigenvalue weighted by molar-refractivity contribution is 7.80. The van der Waals surface area contributed by atoms with Crippen LogP contribution in [0.25, 0.3) is 0 Å². The minimum atomic E-state index is -0.145. The fourth-order valence-corrected chi connectivity index (χ4v) is 1.98. The van der Waals surface area contributed by atoms with E-state index in [1.54, 1.807) is 22.9 Å². The first kappa shape index (κ1) is 12.5. The molecule has 0 saturated heterocycles. The Hall–Kier alpha value is -1.94. The van der Waals surface area contributed by atoms with Crippen LogP contribution >= 0.6 is 12.2 Å². The Morgan fingerprint density at radius 1 is 1.28 bits per heavy atom. The van der Waals surface area contributed by atoms with Crippen molar-refractivity contribution in [1.29, 1.82) is 0 Å². The lowest BCUT2D eigenvalue weighted by atomic mass is 10.1. The van der Waals surface area contributed by atoms with Gasteiger partial charge < -0.3 is 10.3 Å². The zero-order valence-electron chi connectivity index (χ0n) is 10.1. The van der Waals surface area contributed by atoms with Gasteiger partial charge in [0, 0.05) is 6.20 Å². The van der Waals surface area contributed by atoms with Gasteiger partial charge in [0.25, 0.3) is 5.56 Å². The number of thiocarbonyl (C=S) groups is 1. The van der Waals surface area contributed by atoms with Crippen molar-refractivity contribution in [2.24, 2.45) is 5.73 Å². The smallest absolute Gasteiger partial charge is 0.261 e. The average Bonchev–Trinajstić information content (AvgIpc) is 2.34. The molecule has 92 valence electrons. The molecule has 1 aromatic carbocycles. The predicted octanol–water partition coefficient (Wildman–Crippen LogP) is 1.84. The molecule has 1 aromatic heterocycles. The Morgan fingerprint density at radius 2 is 2.00 bits per heavy atom. The van der Waals surface area contributed by atoms with Crippen LogP contribution in [0.15, 0.2) is 47.4 Å². The number of nitrogens with zero attached hydrogens (tertiary/aromatic N) is 1. The van der Waals surface area contributed by atoms with Crippen molar-refractivity contribution >= 4 is 17.2 Å². The Bertz CT molecular complexity index is 646. The zero-order chi connectivity index (χ0) is 13.1. The summed E-state index contributed by atoms with van der Waals surface area (Å²) in [4.78, 5) is 12.3. The van der Waals surface area contributed by atoms with Gasteiger partial charge in [-0.05, 0) is 30.2 Å². The molecule has 0 unspecified atom stereocenters. The monoisotopic (exact) mass is 258 g/mol. The second-order valence-corrected chi connectivity index (χ2v) is 4.59. The van der Waals surface area contributed by atoms with Crippen LogP contribution in [-0.2, 0) is 6.54 Å². The summed E-state index contributed by atoms with van der Waals surface area (Å²) in [5.74, 6) is 0. The van der Waals surface area contributed by atoms with E-state index < -0.39 is 0 Å². The van der Waals surface area contributed by atoms with Crippen molar-refractivity contribution < 1.29 is 0 Å². The molecule has 0 spiro atoms. The highest BCUT2D eigenvalue weighted by atomic mass is 32.1. The second kappa shape index (κ2) is 5.14. The van der Waals surface area contributed by atoms with Crippen LogP contribution in [0, 0.1) is 6.92 Å². The number of hydrogen-bond acceptors (Lipinski definition) is 2. The van der Waals surface area contributed by atoms with E-state index in [4.69, 9.17) is 18.0 Å². The number of aryl methyl sites for hydroxylation is 1. The Kier molecular flexibility index (Phi) is 3.58. The van der Waals surface area contributed by atoms with Crippen molar-refractivity contribution in [2.45, 2.75) is 13.5 Å². The molecule has 2 rings (SSSR count). The second-order valence-electron chi connectivity index (χ2n) is 4.15. The van der Waals surface area contributed by atoms with E-state index in [1.807, 2.05) is 31.2 Å². The topological polar surface area (TPSA) is 48.0 Å². The highest BCUT2D eigenvalue weighted by Gasteiger charge is 2.06. The minimum Gasteiger partial charge on any atom is -0.389 e. The summed E-state index contributed by atoms with van der Waals surface area (Å²) in [6, 6.07) is 11.4. The molecule has 0 bridgehead atoms. The Labute approximate surface area is 111 Å². The van der Waals surface area contributed by atoms with Crippen molar-refractivity contribution in [1.82, 2.24) is 4.57 Å². The minimum absolute atomic E-state index is 0.138. The van der Waals surface area contributed by atoms with Gasteiger partial charge in [0.1, 0.15) is 4.99 Å². The lowest BCUT2D eigenvalue weighted by Crippen LogP contribution is -2.28. The predicted molar refractivity (Wildman–Crippen MR) is 76.9 cm³/mol. The van der Waals surface area contributed by atoms with Crippen LogP contribution in [0.2, 0.25) is 0 Å². The molecular weight excluding hydrogens is 244 g/mol. The van der Waals surface area contributed by atoms with Crippen molar-refractivity contribution in [3.63, 3.8) is 0 Å². The van der Waals surface area contributed by atoms with Gasteiger partial charge in [-0.2, -0.15) is 0 Å². The Balaban J connectivity index is 2.42. The van der Waals surface area contributed by atoms with Gasteiger partial charge in [-0.15, -0.1) is 0 Å². The fourth-order valence-electron chi connectivity index (χ4n) is 1.82. The van der Waals surface area contributed by atoms with E-state index >= 15 is 0 Å². The van der Waals surface area contributed by atoms with E-state index in [2.05, 4.69) is 0 Å². The first-order valence-electron chi connectivity index (χ1n) is 5.63. The summed E-state index contributed by atoms with van der Waals surface area (Å²) in [6.07, 6.45) is 1.75. The molecule has 0 radical (unpaired) electrons. The molecule has 0 amide bonds. The first-order valence-corrected chi connectivity index (χ1v) is 6.04.